The molecule has 0 bridgehead atoms. The number of carboxylic acid groups (broad SMARTS) is 2. The number of phenolic OH excluding ortho intramolecular Hbond substituents is 1. The summed E-state index contributed by atoms with van der Waals surface area (Å²) in [4.78, 5) is 60.1. The molecule has 194 valence electrons. The topological polar surface area (TPSA) is 208 Å². The minimum absolute atomic E-state index is 0.00474. The normalized spacial score (nSPS) is 14.1. The van der Waals surface area contributed by atoms with Crippen molar-refractivity contribution < 1.29 is 39.3 Å². The van der Waals surface area contributed by atoms with Gasteiger partial charge < -0.3 is 37.0 Å². The third-order valence-electron chi connectivity index (χ3n) is 4.79. The van der Waals surface area contributed by atoms with Crippen LogP contribution in [-0.4, -0.2) is 86.9 Å². The van der Waals surface area contributed by atoms with E-state index in [1.165, 1.54) is 23.9 Å². The zero-order chi connectivity index (χ0) is 26.5. The minimum atomic E-state index is -1.71. The lowest BCUT2D eigenvalue weighted by Crippen LogP contribution is -2.58. The Kier molecular flexibility index (Phi) is 13.0. The van der Waals surface area contributed by atoms with E-state index < -0.39 is 60.2 Å². The Balaban J connectivity index is 3.00. The van der Waals surface area contributed by atoms with Crippen LogP contribution in [0, 0.1) is 0 Å². The van der Waals surface area contributed by atoms with E-state index >= 15 is 0 Å². The molecule has 0 saturated carbocycles. The van der Waals surface area contributed by atoms with Crippen LogP contribution in [0.5, 0.6) is 5.75 Å². The largest absolute Gasteiger partial charge is 0.508 e. The van der Waals surface area contributed by atoms with Gasteiger partial charge in [-0.05, 0) is 36.1 Å². The van der Waals surface area contributed by atoms with Gasteiger partial charge in [0.2, 0.25) is 17.7 Å². The van der Waals surface area contributed by atoms with Crippen LogP contribution in [0.25, 0.3) is 0 Å². The van der Waals surface area contributed by atoms with Crippen LogP contribution in [-0.2, 0) is 30.4 Å². The first kappa shape index (κ1) is 30.1. The molecule has 0 spiro atoms. The molecule has 3 amide bonds. The summed E-state index contributed by atoms with van der Waals surface area (Å²) in [6, 6.07) is 0.894. The Morgan fingerprint density at radius 2 is 1.49 bits per heavy atom. The number of rotatable bonds is 15. The van der Waals surface area contributed by atoms with E-state index in [4.69, 9.17) is 15.9 Å². The summed E-state index contributed by atoms with van der Waals surface area (Å²) in [6.45, 7) is 0. The lowest BCUT2D eigenvalue weighted by molar-refractivity contribution is -0.147. The number of thioether (sulfide) groups is 1. The zero-order valence-electron chi connectivity index (χ0n) is 19.0. The molecule has 0 heterocycles. The molecule has 0 aliphatic carbocycles. The van der Waals surface area contributed by atoms with Gasteiger partial charge in [0.15, 0.2) is 0 Å². The summed E-state index contributed by atoms with van der Waals surface area (Å²) in [5.41, 5.74) is 6.49. The molecule has 4 atom stereocenters. The van der Waals surface area contributed by atoms with E-state index in [1.807, 2.05) is 6.26 Å². The number of hydrogen-bond donors (Lipinski definition) is 8. The van der Waals surface area contributed by atoms with E-state index in [2.05, 4.69) is 28.6 Å². The first-order valence-corrected chi connectivity index (χ1v) is 12.5. The summed E-state index contributed by atoms with van der Waals surface area (Å²) in [5.74, 6) is -4.86. The molecular weight excluding hydrogens is 500 g/mol. The second kappa shape index (κ2) is 15.1. The third-order valence-corrected chi connectivity index (χ3v) is 5.80. The molecule has 1 aromatic carbocycles. The van der Waals surface area contributed by atoms with Gasteiger partial charge in [-0.25, -0.2) is 4.79 Å². The molecule has 1 aromatic rings. The van der Waals surface area contributed by atoms with Crippen LogP contribution >= 0.6 is 24.4 Å². The lowest BCUT2D eigenvalue weighted by atomic mass is 10.0. The molecule has 0 fully saturated rings. The molecule has 0 aromatic heterocycles. The molecule has 14 heteroatoms. The Morgan fingerprint density at radius 3 is 2.00 bits per heavy atom. The number of phenols is 1. The molecule has 8 N–H and O–H groups in total. The highest BCUT2D eigenvalue weighted by Gasteiger charge is 2.30. The molecule has 1 rings (SSSR count). The van der Waals surface area contributed by atoms with Crippen LogP contribution < -0.4 is 21.7 Å². The summed E-state index contributed by atoms with van der Waals surface area (Å²) in [5, 5.41) is 34.5. The van der Waals surface area contributed by atoms with Gasteiger partial charge in [-0.3, -0.25) is 19.2 Å². The molecule has 12 nitrogen and oxygen atoms in total. The van der Waals surface area contributed by atoms with Crippen molar-refractivity contribution >= 4 is 54.1 Å². The molecule has 0 saturated heterocycles. The van der Waals surface area contributed by atoms with Gasteiger partial charge in [0, 0.05) is 12.2 Å². The van der Waals surface area contributed by atoms with E-state index in [9.17, 15) is 29.1 Å². The Hall–Kier alpha value is -2.97. The standard InChI is InChI=1S/C21H30N4O8S2/c1-35-7-6-13(22)18(29)23-14(8-11-2-4-12(26)5-3-11)19(30)25-16(10-34)20(31)24-15(21(32)33)9-17(27)28/h2-5,13-16,26,34H,6-10,22H2,1H3,(H,23,29)(H,24,31)(H,25,30)(H,27,28)(H,32,33). The van der Waals surface area contributed by atoms with Crippen LogP contribution in [0.2, 0.25) is 0 Å². The summed E-state index contributed by atoms with van der Waals surface area (Å²) < 4.78 is 0. The Labute approximate surface area is 211 Å². The van der Waals surface area contributed by atoms with Gasteiger partial charge in [-0.15, -0.1) is 0 Å². The van der Waals surface area contributed by atoms with Crippen molar-refractivity contribution in [3.8, 4) is 5.75 Å². The van der Waals surface area contributed by atoms with Crippen LogP contribution in [0.1, 0.15) is 18.4 Å². The number of thiol groups is 1. The van der Waals surface area contributed by atoms with E-state index in [-0.39, 0.29) is 17.9 Å². The van der Waals surface area contributed by atoms with Gasteiger partial charge in [0.25, 0.3) is 0 Å². The monoisotopic (exact) mass is 530 g/mol. The van der Waals surface area contributed by atoms with Gasteiger partial charge in [-0.1, -0.05) is 12.1 Å². The van der Waals surface area contributed by atoms with Crippen molar-refractivity contribution in [3.63, 3.8) is 0 Å². The number of carboxylic acids is 2. The van der Waals surface area contributed by atoms with E-state index in [0.29, 0.717) is 17.7 Å². The van der Waals surface area contributed by atoms with Gasteiger partial charge >= 0.3 is 11.9 Å². The summed E-state index contributed by atoms with van der Waals surface area (Å²) >= 11 is 5.52. The average molecular weight is 531 g/mol. The molecule has 35 heavy (non-hydrogen) atoms. The van der Waals surface area contributed by atoms with E-state index in [0.717, 1.165) is 0 Å². The maximum absolute atomic E-state index is 13.0. The zero-order valence-corrected chi connectivity index (χ0v) is 20.7. The number of nitrogens with one attached hydrogen (secondary N) is 3. The highest BCUT2D eigenvalue weighted by Crippen LogP contribution is 2.12. The van der Waals surface area contributed by atoms with Gasteiger partial charge in [0.05, 0.1) is 12.5 Å². The fraction of sp³-hybridized carbons (Fsp3) is 0.476. The van der Waals surface area contributed by atoms with Gasteiger partial charge in [0.1, 0.15) is 23.9 Å². The SMILES string of the molecule is CSCCC(N)C(=O)NC(Cc1ccc(O)cc1)C(=O)NC(CS)C(=O)NC(CC(=O)O)C(=O)O. The predicted molar refractivity (Wildman–Crippen MR) is 132 cm³/mol. The number of benzene rings is 1. The number of hydrogen-bond acceptors (Lipinski definition) is 9. The van der Waals surface area contributed by atoms with Crippen LogP contribution in [0.3, 0.4) is 0 Å². The maximum Gasteiger partial charge on any atom is 0.326 e. The highest BCUT2D eigenvalue weighted by atomic mass is 32.2. The summed E-state index contributed by atoms with van der Waals surface area (Å²) in [6.07, 6.45) is 1.38. The molecule has 0 aliphatic rings. The fourth-order valence-corrected chi connectivity index (χ4v) is 3.59. The Bertz CT molecular complexity index is 900. The average Bonchev–Trinajstić information content (AvgIpc) is 2.80. The first-order valence-electron chi connectivity index (χ1n) is 10.5. The molecular formula is C21H30N4O8S2. The highest BCUT2D eigenvalue weighted by molar-refractivity contribution is 7.98. The lowest BCUT2D eigenvalue weighted by Gasteiger charge is -2.24. The quantitative estimate of drug-likeness (QED) is 0.129. The molecule has 4 unspecified atom stereocenters. The van der Waals surface area contributed by atoms with Crippen molar-refractivity contribution in [1.29, 1.82) is 0 Å². The fourth-order valence-electron chi connectivity index (χ4n) is 2.85. The van der Waals surface area contributed by atoms with E-state index in [1.54, 1.807) is 12.1 Å². The first-order chi connectivity index (χ1) is 16.5. The third kappa shape index (κ3) is 10.9. The van der Waals surface area contributed by atoms with Crippen LogP contribution in [0.4, 0.5) is 0 Å². The van der Waals surface area contributed by atoms with Crippen molar-refractivity contribution in [2.24, 2.45) is 5.73 Å². The van der Waals surface area contributed by atoms with Crippen molar-refractivity contribution in [2.75, 3.05) is 17.8 Å². The number of carbonyl (C=O) groups excluding carboxylic acids is 3. The number of amides is 3. The molecule has 0 radical (unpaired) electrons. The number of carbonyl (C=O) groups is 5. The second-order valence-corrected chi connectivity index (χ2v) is 8.91. The predicted octanol–water partition coefficient (Wildman–Crippen LogP) is -1.04. The van der Waals surface area contributed by atoms with Crippen molar-refractivity contribution in [3.05, 3.63) is 29.8 Å². The van der Waals surface area contributed by atoms with Crippen molar-refractivity contribution in [2.45, 2.75) is 43.4 Å². The number of aromatic hydroxyl groups is 1. The minimum Gasteiger partial charge on any atom is -0.508 e. The maximum atomic E-state index is 13.0. The van der Waals surface area contributed by atoms with Crippen molar-refractivity contribution in [1.82, 2.24) is 16.0 Å². The number of aliphatic carboxylic acids is 2. The second-order valence-electron chi connectivity index (χ2n) is 7.56. The molecule has 0 aliphatic heterocycles. The number of nitrogens with two attached hydrogens (primary N) is 1. The Morgan fingerprint density at radius 1 is 0.943 bits per heavy atom. The van der Waals surface area contributed by atoms with Crippen LogP contribution in [0.15, 0.2) is 24.3 Å². The smallest absolute Gasteiger partial charge is 0.326 e. The summed E-state index contributed by atoms with van der Waals surface area (Å²) in [7, 11) is 0. The van der Waals surface area contributed by atoms with Gasteiger partial charge in [-0.2, -0.15) is 24.4 Å².